The van der Waals surface area contributed by atoms with Gasteiger partial charge in [-0.2, -0.15) is 13.2 Å². The van der Waals surface area contributed by atoms with Crippen LogP contribution in [0.1, 0.15) is 6.42 Å². The van der Waals surface area contributed by atoms with Crippen molar-refractivity contribution in [2.45, 2.75) is 12.6 Å². The second-order valence-corrected chi connectivity index (χ2v) is 3.06. The monoisotopic (exact) mass is 221 g/mol. The number of alkyl halides is 3. The highest BCUT2D eigenvalue weighted by atomic mass is 19.4. The van der Waals surface area contributed by atoms with E-state index in [1.807, 2.05) is 0 Å². The second kappa shape index (κ2) is 4.33. The van der Waals surface area contributed by atoms with E-state index < -0.39 is 12.6 Å². The van der Waals surface area contributed by atoms with Gasteiger partial charge in [0.25, 0.3) is 5.56 Å². The molecule has 0 bridgehead atoms. The van der Waals surface area contributed by atoms with Crippen molar-refractivity contribution < 1.29 is 13.2 Å². The Labute approximate surface area is 83.7 Å². The Balaban J connectivity index is 2.62. The van der Waals surface area contributed by atoms with Crippen molar-refractivity contribution in [1.82, 2.24) is 9.97 Å². The minimum atomic E-state index is -4.20. The highest BCUT2D eigenvalue weighted by Crippen LogP contribution is 2.20. The number of halogens is 3. The molecule has 1 rings (SSSR count). The van der Waals surface area contributed by atoms with Crippen LogP contribution in [-0.4, -0.2) is 29.7 Å². The number of aromatic amines is 1. The van der Waals surface area contributed by atoms with Gasteiger partial charge in [0, 0.05) is 19.7 Å². The molecule has 84 valence electrons. The summed E-state index contributed by atoms with van der Waals surface area (Å²) in [5, 5.41) is 0. The molecule has 4 nitrogen and oxygen atoms in total. The van der Waals surface area contributed by atoms with Crippen LogP contribution in [0.3, 0.4) is 0 Å². The number of hydrogen-bond donors (Lipinski definition) is 1. The highest BCUT2D eigenvalue weighted by Gasteiger charge is 2.27. The van der Waals surface area contributed by atoms with Crippen molar-refractivity contribution in [3.05, 3.63) is 22.7 Å². The van der Waals surface area contributed by atoms with E-state index in [0.717, 1.165) is 12.4 Å². The van der Waals surface area contributed by atoms with Crippen molar-refractivity contribution in [3.63, 3.8) is 0 Å². The maximum absolute atomic E-state index is 11.9. The van der Waals surface area contributed by atoms with Crippen molar-refractivity contribution >= 4 is 5.82 Å². The molecule has 0 amide bonds. The Hall–Kier alpha value is -1.53. The first kappa shape index (κ1) is 11.5. The Morgan fingerprint density at radius 1 is 1.53 bits per heavy atom. The van der Waals surface area contributed by atoms with Gasteiger partial charge >= 0.3 is 6.18 Å². The molecule has 0 saturated carbocycles. The fourth-order valence-electron chi connectivity index (χ4n) is 0.976. The molecule has 0 fully saturated rings. The molecule has 7 heteroatoms. The molecular weight excluding hydrogens is 211 g/mol. The summed E-state index contributed by atoms with van der Waals surface area (Å²) in [4.78, 5) is 18.2. The predicted octanol–water partition coefficient (Wildman–Crippen LogP) is 1.16. The van der Waals surface area contributed by atoms with Crippen LogP contribution in [0.25, 0.3) is 0 Å². The number of anilines is 1. The van der Waals surface area contributed by atoms with E-state index in [2.05, 4.69) is 9.97 Å². The average Bonchev–Trinajstić information content (AvgIpc) is 2.13. The lowest BCUT2D eigenvalue weighted by atomic mass is 10.4. The Kier molecular flexibility index (Phi) is 3.33. The third kappa shape index (κ3) is 4.01. The van der Waals surface area contributed by atoms with E-state index in [0.29, 0.717) is 0 Å². The standard InChI is InChI=1S/C8H10F3N3O/c1-14(3-2-8(9,10)11)6-4-7(15)13-5-12-6/h4-5H,2-3H2,1H3,(H,12,13,15). The van der Waals surface area contributed by atoms with E-state index in [1.165, 1.54) is 11.9 Å². The Bertz CT molecular complexity index is 374. The SMILES string of the molecule is CN(CCC(F)(F)F)c1cc(=O)[nH]cn1. The molecule has 1 heterocycles. The van der Waals surface area contributed by atoms with E-state index >= 15 is 0 Å². The van der Waals surface area contributed by atoms with Crippen molar-refractivity contribution in [2.24, 2.45) is 0 Å². The zero-order valence-electron chi connectivity index (χ0n) is 8.01. The molecule has 15 heavy (non-hydrogen) atoms. The maximum Gasteiger partial charge on any atom is 0.390 e. The maximum atomic E-state index is 11.9. The number of H-pyrrole nitrogens is 1. The van der Waals surface area contributed by atoms with Gasteiger partial charge in [0.05, 0.1) is 12.7 Å². The summed E-state index contributed by atoms with van der Waals surface area (Å²) >= 11 is 0. The normalized spacial score (nSPS) is 11.5. The summed E-state index contributed by atoms with van der Waals surface area (Å²) in [6.07, 6.45) is -3.98. The van der Waals surface area contributed by atoms with Gasteiger partial charge in [-0.15, -0.1) is 0 Å². The quantitative estimate of drug-likeness (QED) is 0.833. The van der Waals surface area contributed by atoms with Crippen LogP contribution < -0.4 is 10.5 Å². The Morgan fingerprint density at radius 2 is 2.20 bits per heavy atom. The molecule has 1 aromatic rings. The van der Waals surface area contributed by atoms with Crippen LogP contribution >= 0.6 is 0 Å². The van der Waals surface area contributed by atoms with Crippen LogP contribution in [0.15, 0.2) is 17.2 Å². The molecule has 0 unspecified atom stereocenters. The molecule has 0 spiro atoms. The van der Waals surface area contributed by atoms with Gasteiger partial charge in [-0.1, -0.05) is 0 Å². The van der Waals surface area contributed by atoms with Crippen LogP contribution in [-0.2, 0) is 0 Å². The van der Waals surface area contributed by atoms with E-state index in [1.54, 1.807) is 0 Å². The largest absolute Gasteiger partial charge is 0.390 e. The molecule has 0 aromatic carbocycles. The Morgan fingerprint density at radius 3 is 2.73 bits per heavy atom. The highest BCUT2D eigenvalue weighted by molar-refractivity contribution is 5.34. The van der Waals surface area contributed by atoms with Gasteiger partial charge in [0.2, 0.25) is 0 Å². The van der Waals surface area contributed by atoms with Gasteiger partial charge in [0.1, 0.15) is 5.82 Å². The van der Waals surface area contributed by atoms with Crippen LogP contribution in [0.2, 0.25) is 0 Å². The van der Waals surface area contributed by atoms with E-state index in [-0.39, 0.29) is 17.9 Å². The van der Waals surface area contributed by atoms with Crippen molar-refractivity contribution in [2.75, 3.05) is 18.5 Å². The molecule has 0 radical (unpaired) electrons. The molecule has 0 aliphatic rings. The third-order valence-electron chi connectivity index (χ3n) is 1.79. The van der Waals surface area contributed by atoms with Gasteiger partial charge in [-0.05, 0) is 0 Å². The fraction of sp³-hybridized carbons (Fsp3) is 0.500. The van der Waals surface area contributed by atoms with Gasteiger partial charge in [0.15, 0.2) is 0 Å². The van der Waals surface area contributed by atoms with Gasteiger partial charge in [-0.3, -0.25) is 4.79 Å². The molecular formula is C8H10F3N3O. The first-order valence-electron chi connectivity index (χ1n) is 4.21. The number of nitrogens with one attached hydrogen (secondary N) is 1. The molecule has 0 aliphatic heterocycles. The lowest BCUT2D eigenvalue weighted by Crippen LogP contribution is -2.26. The third-order valence-corrected chi connectivity index (χ3v) is 1.79. The summed E-state index contributed by atoms with van der Waals surface area (Å²) in [6, 6.07) is 1.15. The summed E-state index contributed by atoms with van der Waals surface area (Å²) in [7, 11) is 1.45. The van der Waals surface area contributed by atoms with Gasteiger partial charge in [-0.25, -0.2) is 4.98 Å². The van der Waals surface area contributed by atoms with Crippen molar-refractivity contribution in [3.8, 4) is 0 Å². The minimum Gasteiger partial charge on any atom is -0.359 e. The number of rotatable bonds is 3. The van der Waals surface area contributed by atoms with Gasteiger partial charge < -0.3 is 9.88 Å². The fourth-order valence-corrected chi connectivity index (χ4v) is 0.976. The molecule has 0 saturated heterocycles. The first-order chi connectivity index (χ1) is 6.88. The van der Waals surface area contributed by atoms with Crippen LogP contribution in [0.5, 0.6) is 0 Å². The first-order valence-corrected chi connectivity index (χ1v) is 4.21. The minimum absolute atomic E-state index is 0.222. The number of aromatic nitrogens is 2. The van der Waals surface area contributed by atoms with Crippen LogP contribution in [0, 0.1) is 0 Å². The zero-order chi connectivity index (χ0) is 11.5. The van der Waals surface area contributed by atoms with E-state index in [9.17, 15) is 18.0 Å². The lowest BCUT2D eigenvalue weighted by molar-refractivity contribution is -0.132. The molecule has 0 aliphatic carbocycles. The average molecular weight is 221 g/mol. The van der Waals surface area contributed by atoms with E-state index in [4.69, 9.17) is 0 Å². The predicted molar refractivity (Wildman–Crippen MR) is 48.8 cm³/mol. The lowest BCUT2D eigenvalue weighted by Gasteiger charge is -2.18. The topological polar surface area (TPSA) is 49.0 Å². The summed E-state index contributed by atoms with van der Waals surface area (Å²) in [5.41, 5.74) is -0.390. The molecule has 0 atom stereocenters. The smallest absolute Gasteiger partial charge is 0.359 e. The molecule has 1 N–H and O–H groups in total. The zero-order valence-corrected chi connectivity index (χ0v) is 8.01. The summed E-state index contributed by atoms with van der Waals surface area (Å²) < 4.78 is 35.7. The van der Waals surface area contributed by atoms with Crippen molar-refractivity contribution in [1.29, 1.82) is 0 Å². The summed E-state index contributed by atoms with van der Waals surface area (Å²) in [5.74, 6) is 0.225. The summed E-state index contributed by atoms with van der Waals surface area (Å²) in [6.45, 7) is -0.222. The second-order valence-electron chi connectivity index (χ2n) is 3.06. The number of hydrogen-bond acceptors (Lipinski definition) is 3. The number of nitrogens with zero attached hydrogens (tertiary/aromatic N) is 2. The van der Waals surface area contributed by atoms with Crippen LogP contribution in [0.4, 0.5) is 19.0 Å². The molecule has 1 aromatic heterocycles.